The molecule has 2 amide bonds. The summed E-state index contributed by atoms with van der Waals surface area (Å²) < 4.78 is 5.06. The minimum atomic E-state index is -0.117. The lowest BCUT2D eigenvalue weighted by molar-refractivity contribution is 0.113. The van der Waals surface area contributed by atoms with Crippen molar-refractivity contribution in [3.8, 4) is 11.4 Å². The second-order valence-electron chi connectivity index (χ2n) is 6.82. The molecule has 7 nitrogen and oxygen atoms in total. The fourth-order valence-electron chi connectivity index (χ4n) is 3.47. The monoisotopic (exact) mass is 343 g/mol. The zero-order valence-corrected chi connectivity index (χ0v) is 15.2. The highest BCUT2D eigenvalue weighted by molar-refractivity contribution is 5.93. The van der Waals surface area contributed by atoms with Crippen LogP contribution in [0.2, 0.25) is 0 Å². The van der Waals surface area contributed by atoms with Crippen molar-refractivity contribution in [1.29, 1.82) is 0 Å². The number of urea groups is 1. The van der Waals surface area contributed by atoms with Crippen LogP contribution in [-0.2, 0) is 0 Å². The van der Waals surface area contributed by atoms with Crippen molar-refractivity contribution in [2.24, 2.45) is 5.92 Å². The largest absolute Gasteiger partial charge is 0.339 e. The van der Waals surface area contributed by atoms with Gasteiger partial charge in [-0.15, -0.1) is 0 Å². The average molecular weight is 343 g/mol. The fraction of sp³-hybridized carbons (Fsp3) is 0.500. The quantitative estimate of drug-likeness (QED) is 0.927. The standard InChI is InChI=1S/C18H25N5O2/c1-12-11-22(3)10-9-16(12)23(4)18(24)20-15-8-6-5-7-14(15)17-19-13(2)25-21-17/h5-8,12,16H,9-11H2,1-4H3,(H,20,24)/t12-,16-/m0/s1. The predicted molar refractivity (Wildman–Crippen MR) is 96.3 cm³/mol. The van der Waals surface area contributed by atoms with Crippen LogP contribution in [-0.4, -0.2) is 59.2 Å². The summed E-state index contributed by atoms with van der Waals surface area (Å²) in [5.41, 5.74) is 1.43. The van der Waals surface area contributed by atoms with Gasteiger partial charge in [0.1, 0.15) is 0 Å². The van der Waals surface area contributed by atoms with Crippen molar-refractivity contribution in [3.63, 3.8) is 0 Å². The summed E-state index contributed by atoms with van der Waals surface area (Å²) in [7, 11) is 3.98. The maximum Gasteiger partial charge on any atom is 0.321 e. The number of piperidine rings is 1. The molecule has 3 rings (SSSR count). The van der Waals surface area contributed by atoms with E-state index in [-0.39, 0.29) is 12.1 Å². The van der Waals surface area contributed by atoms with E-state index in [4.69, 9.17) is 4.52 Å². The maximum absolute atomic E-state index is 12.8. The Morgan fingerprint density at radius 3 is 2.84 bits per heavy atom. The number of hydrogen-bond donors (Lipinski definition) is 1. The molecular formula is C18H25N5O2. The van der Waals surface area contributed by atoms with E-state index in [1.165, 1.54) is 0 Å². The van der Waals surface area contributed by atoms with Crippen LogP contribution in [0.3, 0.4) is 0 Å². The van der Waals surface area contributed by atoms with Gasteiger partial charge in [-0.25, -0.2) is 4.79 Å². The Bertz CT molecular complexity index is 745. The summed E-state index contributed by atoms with van der Waals surface area (Å²) in [4.78, 5) is 21.1. The molecule has 2 atom stereocenters. The van der Waals surface area contributed by atoms with Gasteiger partial charge in [0.2, 0.25) is 11.7 Å². The Morgan fingerprint density at radius 1 is 1.40 bits per heavy atom. The molecule has 2 aromatic rings. The van der Waals surface area contributed by atoms with E-state index >= 15 is 0 Å². The first-order valence-electron chi connectivity index (χ1n) is 8.57. The molecule has 2 heterocycles. The number of para-hydroxylation sites is 1. The normalized spacial score (nSPS) is 21.1. The molecule has 0 aliphatic carbocycles. The van der Waals surface area contributed by atoms with E-state index in [0.717, 1.165) is 25.1 Å². The van der Waals surface area contributed by atoms with Crippen LogP contribution in [0.1, 0.15) is 19.2 Å². The number of benzene rings is 1. The molecule has 7 heteroatoms. The molecule has 0 radical (unpaired) electrons. The number of rotatable bonds is 3. The van der Waals surface area contributed by atoms with Gasteiger partial charge in [-0.1, -0.05) is 24.2 Å². The number of amides is 2. The van der Waals surface area contributed by atoms with Gasteiger partial charge >= 0.3 is 6.03 Å². The number of nitrogens with zero attached hydrogens (tertiary/aromatic N) is 4. The number of carbonyl (C=O) groups excluding carboxylic acids is 1. The summed E-state index contributed by atoms with van der Waals surface area (Å²) in [6.45, 7) is 5.94. The second kappa shape index (κ2) is 7.23. The Kier molecular flexibility index (Phi) is 5.03. The van der Waals surface area contributed by atoms with Gasteiger partial charge in [0.25, 0.3) is 0 Å². The van der Waals surface area contributed by atoms with E-state index < -0.39 is 0 Å². The van der Waals surface area contributed by atoms with E-state index in [2.05, 4.69) is 34.3 Å². The highest BCUT2D eigenvalue weighted by Gasteiger charge is 2.30. The Hall–Kier alpha value is -2.41. The molecule has 1 aliphatic heterocycles. The fourth-order valence-corrected chi connectivity index (χ4v) is 3.47. The van der Waals surface area contributed by atoms with Gasteiger partial charge in [0, 0.05) is 32.1 Å². The third-order valence-corrected chi connectivity index (χ3v) is 4.82. The van der Waals surface area contributed by atoms with E-state index in [1.807, 2.05) is 36.2 Å². The van der Waals surface area contributed by atoms with E-state index in [9.17, 15) is 4.79 Å². The number of aryl methyl sites for hydroxylation is 1. The summed E-state index contributed by atoms with van der Waals surface area (Å²) in [5.74, 6) is 1.40. The molecule has 1 N–H and O–H groups in total. The highest BCUT2D eigenvalue weighted by Crippen LogP contribution is 2.26. The molecule has 1 saturated heterocycles. The third kappa shape index (κ3) is 3.82. The van der Waals surface area contributed by atoms with E-state index in [1.54, 1.807) is 6.92 Å². The van der Waals surface area contributed by atoms with Crippen LogP contribution in [0.4, 0.5) is 10.5 Å². The molecule has 25 heavy (non-hydrogen) atoms. The van der Waals surface area contributed by atoms with Crippen LogP contribution >= 0.6 is 0 Å². The number of hydrogen-bond acceptors (Lipinski definition) is 5. The number of aromatic nitrogens is 2. The van der Waals surface area contributed by atoms with Gasteiger partial charge in [0.15, 0.2) is 0 Å². The van der Waals surface area contributed by atoms with Crippen molar-refractivity contribution in [3.05, 3.63) is 30.2 Å². The maximum atomic E-state index is 12.8. The van der Waals surface area contributed by atoms with Crippen molar-refractivity contribution >= 4 is 11.7 Å². The Labute approximate surface area is 148 Å². The van der Waals surface area contributed by atoms with Crippen LogP contribution in [0.25, 0.3) is 11.4 Å². The van der Waals surface area contributed by atoms with Crippen molar-refractivity contribution in [2.45, 2.75) is 26.3 Å². The second-order valence-corrected chi connectivity index (χ2v) is 6.82. The lowest BCUT2D eigenvalue weighted by Gasteiger charge is -2.39. The van der Waals surface area contributed by atoms with E-state index in [0.29, 0.717) is 23.3 Å². The molecule has 0 saturated carbocycles. The first-order chi connectivity index (χ1) is 12.0. The summed E-state index contributed by atoms with van der Waals surface area (Å²) >= 11 is 0. The molecule has 0 unspecified atom stereocenters. The van der Waals surface area contributed by atoms with Crippen LogP contribution in [0.15, 0.2) is 28.8 Å². The van der Waals surface area contributed by atoms with Gasteiger partial charge < -0.3 is 19.6 Å². The molecule has 134 valence electrons. The van der Waals surface area contributed by atoms with Crippen molar-refractivity contribution in [1.82, 2.24) is 19.9 Å². The minimum absolute atomic E-state index is 0.117. The SMILES string of the molecule is Cc1nc(-c2ccccc2NC(=O)N(C)[C@H]2CCN(C)C[C@@H]2C)no1. The summed E-state index contributed by atoms with van der Waals surface area (Å²) in [5, 5.41) is 6.95. The average Bonchev–Trinajstić information content (AvgIpc) is 3.01. The van der Waals surface area contributed by atoms with Gasteiger partial charge in [0.05, 0.1) is 5.69 Å². The molecule has 1 aliphatic rings. The molecule has 1 aromatic heterocycles. The number of nitrogens with one attached hydrogen (secondary N) is 1. The van der Waals surface area contributed by atoms with Gasteiger partial charge in [-0.2, -0.15) is 4.98 Å². The lowest BCUT2D eigenvalue weighted by Crippen LogP contribution is -2.50. The molecule has 1 aromatic carbocycles. The molecule has 0 spiro atoms. The topological polar surface area (TPSA) is 74.5 Å². The number of likely N-dealkylation sites (tertiary alicyclic amines) is 1. The Morgan fingerprint density at radius 2 is 2.16 bits per heavy atom. The Balaban J connectivity index is 1.75. The van der Waals surface area contributed by atoms with Gasteiger partial charge in [-0.05, 0) is 38.1 Å². The predicted octanol–water partition coefficient (Wildman–Crippen LogP) is 2.85. The lowest BCUT2D eigenvalue weighted by atomic mass is 9.93. The highest BCUT2D eigenvalue weighted by atomic mass is 16.5. The zero-order valence-electron chi connectivity index (χ0n) is 15.2. The summed E-state index contributed by atoms with van der Waals surface area (Å²) in [6.07, 6.45) is 0.979. The first-order valence-corrected chi connectivity index (χ1v) is 8.57. The van der Waals surface area contributed by atoms with Crippen LogP contribution in [0, 0.1) is 12.8 Å². The van der Waals surface area contributed by atoms with Crippen molar-refractivity contribution in [2.75, 3.05) is 32.5 Å². The third-order valence-electron chi connectivity index (χ3n) is 4.82. The number of carbonyl (C=O) groups is 1. The summed E-state index contributed by atoms with van der Waals surface area (Å²) in [6, 6.07) is 7.61. The molecule has 1 fully saturated rings. The van der Waals surface area contributed by atoms with Crippen LogP contribution < -0.4 is 5.32 Å². The minimum Gasteiger partial charge on any atom is -0.339 e. The van der Waals surface area contributed by atoms with Crippen LogP contribution in [0.5, 0.6) is 0 Å². The molecular weight excluding hydrogens is 318 g/mol. The molecule has 0 bridgehead atoms. The van der Waals surface area contributed by atoms with Crippen molar-refractivity contribution < 1.29 is 9.32 Å². The number of anilines is 1. The zero-order chi connectivity index (χ0) is 18.0. The smallest absolute Gasteiger partial charge is 0.321 e. The first kappa shape index (κ1) is 17.4. The van der Waals surface area contributed by atoms with Gasteiger partial charge in [-0.3, -0.25) is 0 Å².